The average Bonchev–Trinajstić information content (AvgIpc) is 3.14. The number of fused-ring (bicyclic) bond motifs is 1. The molecule has 29 heavy (non-hydrogen) atoms. The van der Waals surface area contributed by atoms with Crippen molar-refractivity contribution in [1.82, 2.24) is 16.2 Å². The smallest absolute Gasteiger partial charge is 0.279 e. The molecule has 7 nitrogen and oxygen atoms in total. The summed E-state index contributed by atoms with van der Waals surface area (Å²) in [5.74, 6) is 0.0753. The van der Waals surface area contributed by atoms with Crippen LogP contribution < -0.4 is 20.9 Å². The highest BCUT2D eigenvalue weighted by Crippen LogP contribution is 2.32. The second kappa shape index (κ2) is 9.56. The normalized spacial score (nSPS) is 15.2. The zero-order chi connectivity index (χ0) is 20.8. The fraction of sp³-hybridized carbons (Fsp3) is 0.381. The second-order valence-electron chi connectivity index (χ2n) is 7.05. The van der Waals surface area contributed by atoms with Crippen molar-refractivity contribution in [2.24, 2.45) is 5.92 Å². The van der Waals surface area contributed by atoms with E-state index in [1.165, 1.54) is 21.8 Å². The van der Waals surface area contributed by atoms with Gasteiger partial charge in [-0.25, -0.2) is 0 Å². The van der Waals surface area contributed by atoms with Gasteiger partial charge in [-0.1, -0.05) is 6.92 Å². The van der Waals surface area contributed by atoms with E-state index in [0.717, 1.165) is 19.3 Å². The maximum Gasteiger partial charge on any atom is 0.279 e. The van der Waals surface area contributed by atoms with Crippen LogP contribution in [-0.4, -0.2) is 30.9 Å². The lowest BCUT2D eigenvalue weighted by atomic mass is 9.90. The van der Waals surface area contributed by atoms with Crippen molar-refractivity contribution in [3.8, 4) is 5.75 Å². The number of benzene rings is 1. The molecule has 0 radical (unpaired) electrons. The molecule has 1 aromatic carbocycles. The Morgan fingerprint density at radius 2 is 1.90 bits per heavy atom. The lowest BCUT2D eigenvalue weighted by molar-refractivity contribution is -0.120. The largest absolute Gasteiger partial charge is 0.494 e. The maximum atomic E-state index is 12.3. The first-order chi connectivity index (χ1) is 14.0. The minimum Gasteiger partial charge on any atom is -0.494 e. The van der Waals surface area contributed by atoms with Crippen LogP contribution in [0.25, 0.3) is 0 Å². The molecular formula is C21H25N3O4S. The van der Waals surface area contributed by atoms with Crippen LogP contribution in [0.15, 0.2) is 30.3 Å². The third-order valence-corrected chi connectivity index (χ3v) is 5.94. The summed E-state index contributed by atoms with van der Waals surface area (Å²) < 4.78 is 5.33. The molecule has 0 saturated carbocycles. The van der Waals surface area contributed by atoms with E-state index in [-0.39, 0.29) is 18.4 Å². The van der Waals surface area contributed by atoms with Crippen molar-refractivity contribution >= 4 is 29.1 Å². The van der Waals surface area contributed by atoms with E-state index in [1.807, 2.05) is 13.0 Å². The van der Waals surface area contributed by atoms with Gasteiger partial charge in [-0.2, -0.15) is 0 Å². The van der Waals surface area contributed by atoms with Crippen molar-refractivity contribution in [2.75, 3.05) is 13.2 Å². The summed E-state index contributed by atoms with van der Waals surface area (Å²) >= 11 is 1.47. The first-order valence-electron chi connectivity index (χ1n) is 9.68. The van der Waals surface area contributed by atoms with E-state index in [4.69, 9.17) is 4.74 Å². The summed E-state index contributed by atoms with van der Waals surface area (Å²) in [4.78, 5) is 38.1. The molecule has 0 fully saturated rings. The van der Waals surface area contributed by atoms with Gasteiger partial charge in [-0.3, -0.25) is 25.2 Å². The molecule has 2 aromatic rings. The minimum atomic E-state index is -0.507. The molecule has 154 valence electrons. The Hall–Kier alpha value is -2.87. The van der Waals surface area contributed by atoms with Crippen LogP contribution in [0, 0.1) is 5.92 Å². The molecule has 0 unspecified atom stereocenters. The Labute approximate surface area is 173 Å². The lowest BCUT2D eigenvalue weighted by Gasteiger charge is -2.16. The predicted octanol–water partition coefficient (Wildman–Crippen LogP) is 2.46. The van der Waals surface area contributed by atoms with Crippen molar-refractivity contribution in [2.45, 2.75) is 33.1 Å². The molecule has 1 atom stereocenters. The van der Waals surface area contributed by atoms with Gasteiger partial charge >= 0.3 is 0 Å². The van der Waals surface area contributed by atoms with Gasteiger partial charge in [0.25, 0.3) is 17.7 Å². The highest BCUT2D eigenvalue weighted by atomic mass is 32.1. The van der Waals surface area contributed by atoms with Crippen LogP contribution in [0.1, 0.15) is 50.7 Å². The number of ether oxygens (including phenoxy) is 1. The number of carbonyl (C=O) groups excluding carboxylic acids is 3. The summed E-state index contributed by atoms with van der Waals surface area (Å²) in [6.07, 6.45) is 3.13. The Morgan fingerprint density at radius 1 is 1.14 bits per heavy atom. The van der Waals surface area contributed by atoms with Gasteiger partial charge in [0.15, 0.2) is 0 Å². The number of hydrogen-bond donors (Lipinski definition) is 3. The maximum absolute atomic E-state index is 12.3. The number of hydrazine groups is 1. The number of hydrogen-bond acceptors (Lipinski definition) is 5. The fourth-order valence-electron chi connectivity index (χ4n) is 3.18. The van der Waals surface area contributed by atoms with Crippen LogP contribution in [0.4, 0.5) is 0 Å². The number of rotatable bonds is 6. The standard InChI is InChI=1S/C21H25N3O4S/c1-3-28-16-7-5-14(6-8-16)20(26)22-12-19(25)23-24-21(27)18-11-15-10-13(2)4-9-17(15)29-18/h5-8,11,13H,3-4,9-10,12H2,1-2H3,(H,22,26)(H,23,25)(H,24,27)/t13-/m0/s1. The average molecular weight is 416 g/mol. The van der Waals surface area contributed by atoms with Crippen LogP contribution >= 0.6 is 11.3 Å². The van der Waals surface area contributed by atoms with Gasteiger partial charge in [-0.15, -0.1) is 11.3 Å². The Balaban J connectivity index is 1.43. The van der Waals surface area contributed by atoms with Crippen molar-refractivity contribution in [3.05, 3.63) is 51.2 Å². The molecule has 1 heterocycles. The van der Waals surface area contributed by atoms with Crippen molar-refractivity contribution in [3.63, 3.8) is 0 Å². The van der Waals surface area contributed by atoms with Crippen LogP contribution in [-0.2, 0) is 17.6 Å². The van der Waals surface area contributed by atoms with Gasteiger partial charge in [0.2, 0.25) is 0 Å². The molecule has 0 aliphatic heterocycles. The first kappa shape index (κ1) is 20.9. The van der Waals surface area contributed by atoms with E-state index in [2.05, 4.69) is 23.1 Å². The highest BCUT2D eigenvalue weighted by Gasteiger charge is 2.21. The van der Waals surface area contributed by atoms with E-state index in [1.54, 1.807) is 24.3 Å². The molecule has 1 aliphatic carbocycles. The molecule has 3 amide bonds. The zero-order valence-electron chi connectivity index (χ0n) is 16.5. The Morgan fingerprint density at radius 3 is 2.62 bits per heavy atom. The Kier molecular flexibility index (Phi) is 6.87. The van der Waals surface area contributed by atoms with Crippen LogP contribution in [0.5, 0.6) is 5.75 Å². The Bertz CT molecular complexity index is 892. The van der Waals surface area contributed by atoms with E-state index < -0.39 is 5.91 Å². The molecule has 0 spiro atoms. The van der Waals surface area contributed by atoms with Gasteiger partial charge in [0.05, 0.1) is 18.0 Å². The van der Waals surface area contributed by atoms with Gasteiger partial charge in [-0.05, 0) is 68.0 Å². The first-order valence-corrected chi connectivity index (χ1v) is 10.5. The summed E-state index contributed by atoms with van der Waals surface area (Å²) in [6, 6.07) is 8.55. The number of carbonyl (C=O) groups is 3. The summed E-state index contributed by atoms with van der Waals surface area (Å²) in [7, 11) is 0. The summed E-state index contributed by atoms with van der Waals surface area (Å²) in [5.41, 5.74) is 6.39. The number of thiophene rings is 1. The fourth-order valence-corrected chi connectivity index (χ4v) is 4.29. The minimum absolute atomic E-state index is 0.245. The molecular weight excluding hydrogens is 390 g/mol. The van der Waals surface area contributed by atoms with Crippen LogP contribution in [0.2, 0.25) is 0 Å². The number of aryl methyl sites for hydroxylation is 1. The topological polar surface area (TPSA) is 96.5 Å². The number of nitrogens with one attached hydrogen (secondary N) is 3. The molecule has 3 N–H and O–H groups in total. The van der Waals surface area contributed by atoms with Gasteiger partial charge in [0, 0.05) is 10.4 Å². The molecule has 1 aromatic heterocycles. The molecule has 3 rings (SSSR count). The molecule has 0 saturated heterocycles. The monoisotopic (exact) mass is 415 g/mol. The second-order valence-corrected chi connectivity index (χ2v) is 8.19. The molecule has 8 heteroatoms. The van der Waals surface area contributed by atoms with E-state index >= 15 is 0 Å². The summed E-state index contributed by atoms with van der Waals surface area (Å²) in [5, 5.41) is 2.52. The zero-order valence-corrected chi connectivity index (χ0v) is 17.4. The number of amides is 3. The summed E-state index contributed by atoms with van der Waals surface area (Å²) in [6.45, 7) is 4.39. The van der Waals surface area contributed by atoms with E-state index in [0.29, 0.717) is 28.7 Å². The quantitative estimate of drug-likeness (QED) is 0.632. The third kappa shape index (κ3) is 5.57. The SMILES string of the molecule is CCOc1ccc(C(=O)NCC(=O)NNC(=O)c2cc3c(s2)CC[C@H](C)C3)cc1. The highest BCUT2D eigenvalue weighted by molar-refractivity contribution is 7.14. The molecule has 0 bridgehead atoms. The van der Waals surface area contributed by atoms with E-state index in [9.17, 15) is 14.4 Å². The van der Waals surface area contributed by atoms with Crippen molar-refractivity contribution in [1.29, 1.82) is 0 Å². The van der Waals surface area contributed by atoms with Crippen LogP contribution in [0.3, 0.4) is 0 Å². The van der Waals surface area contributed by atoms with Gasteiger partial charge < -0.3 is 10.1 Å². The van der Waals surface area contributed by atoms with Crippen molar-refractivity contribution < 1.29 is 19.1 Å². The third-order valence-electron chi connectivity index (χ3n) is 4.71. The molecule has 1 aliphatic rings. The predicted molar refractivity (Wildman–Crippen MR) is 111 cm³/mol. The lowest BCUT2D eigenvalue weighted by Crippen LogP contribution is -2.46. The van der Waals surface area contributed by atoms with Gasteiger partial charge in [0.1, 0.15) is 5.75 Å².